The summed E-state index contributed by atoms with van der Waals surface area (Å²) in [7, 11) is -3.81. The summed E-state index contributed by atoms with van der Waals surface area (Å²) in [4.78, 5) is 19.8. The number of aliphatic imine (C=N–C) groups is 1. The van der Waals surface area contributed by atoms with Crippen molar-refractivity contribution in [3.8, 4) is 0 Å². The van der Waals surface area contributed by atoms with E-state index >= 15 is 0 Å². The Kier molecular flexibility index (Phi) is 6.41. The van der Waals surface area contributed by atoms with Crippen LogP contribution in [-0.4, -0.2) is 19.5 Å². The van der Waals surface area contributed by atoms with Gasteiger partial charge < -0.3 is 0 Å². The van der Waals surface area contributed by atoms with Crippen molar-refractivity contribution in [1.82, 2.24) is 0 Å². The maximum Gasteiger partial charge on any atom is 0.271 e. The van der Waals surface area contributed by atoms with Crippen molar-refractivity contribution in [2.24, 2.45) is 10.1 Å². The molecule has 0 aliphatic carbocycles. The monoisotopic (exact) mass is 503 g/mol. The van der Waals surface area contributed by atoms with Gasteiger partial charge in [0.05, 0.1) is 31.2 Å². The van der Waals surface area contributed by atoms with Gasteiger partial charge in [-0.05, 0) is 71.9 Å². The molecule has 3 aromatic rings. The van der Waals surface area contributed by atoms with Crippen LogP contribution in [0.15, 0.2) is 87.6 Å². The summed E-state index contributed by atoms with van der Waals surface area (Å²) in [6, 6.07) is 20.0. The smallest absolute Gasteiger partial charge is 0.268 e. The van der Waals surface area contributed by atoms with Crippen LogP contribution in [0.5, 0.6) is 0 Å². The number of sulfonamides is 1. The van der Waals surface area contributed by atoms with E-state index in [4.69, 9.17) is 28.3 Å². The zero-order valence-electron chi connectivity index (χ0n) is 16.3. The Morgan fingerprint density at radius 2 is 1.62 bits per heavy atom. The largest absolute Gasteiger partial charge is 0.271 e. The standard InChI is InChI=1S/C22H15Cl2N3O3S2/c23-18-11-6-14(12-19(18)24)13-20-21(28)27(16-4-2-1-3-5-16)22(31-20)26-15-7-9-17(10-8-15)32(25,29)30/h1-13H,(H2,25,29,30). The summed E-state index contributed by atoms with van der Waals surface area (Å²) in [5.74, 6) is -0.243. The lowest BCUT2D eigenvalue weighted by molar-refractivity contribution is -0.113. The minimum Gasteiger partial charge on any atom is -0.268 e. The van der Waals surface area contributed by atoms with Gasteiger partial charge in [0.2, 0.25) is 10.0 Å². The summed E-state index contributed by atoms with van der Waals surface area (Å²) >= 11 is 13.3. The maximum absolute atomic E-state index is 13.2. The van der Waals surface area contributed by atoms with E-state index in [-0.39, 0.29) is 10.8 Å². The van der Waals surface area contributed by atoms with E-state index in [2.05, 4.69) is 4.99 Å². The number of carbonyl (C=O) groups excluding carboxylic acids is 1. The van der Waals surface area contributed by atoms with Gasteiger partial charge in [0.1, 0.15) is 0 Å². The van der Waals surface area contributed by atoms with Crippen LogP contribution in [0.25, 0.3) is 6.08 Å². The number of hydrogen-bond acceptors (Lipinski definition) is 5. The lowest BCUT2D eigenvalue weighted by Gasteiger charge is -2.15. The Hall–Kier alpha value is -2.62. The van der Waals surface area contributed by atoms with Crippen LogP contribution in [0.3, 0.4) is 0 Å². The van der Waals surface area contributed by atoms with Crippen LogP contribution in [0.4, 0.5) is 11.4 Å². The predicted molar refractivity (Wildman–Crippen MR) is 131 cm³/mol. The van der Waals surface area contributed by atoms with Crippen LogP contribution >= 0.6 is 35.0 Å². The van der Waals surface area contributed by atoms with E-state index in [0.29, 0.717) is 31.5 Å². The number of hydrogen-bond donors (Lipinski definition) is 1. The van der Waals surface area contributed by atoms with Gasteiger partial charge in [-0.2, -0.15) is 0 Å². The van der Waals surface area contributed by atoms with Gasteiger partial charge in [-0.3, -0.25) is 9.69 Å². The molecule has 2 N–H and O–H groups in total. The summed E-state index contributed by atoms with van der Waals surface area (Å²) < 4.78 is 23.0. The number of halogens is 2. The van der Waals surface area contributed by atoms with Crippen LogP contribution in [-0.2, 0) is 14.8 Å². The number of thioether (sulfide) groups is 1. The van der Waals surface area contributed by atoms with E-state index < -0.39 is 10.0 Å². The van der Waals surface area contributed by atoms with Crippen LogP contribution in [0.1, 0.15) is 5.56 Å². The summed E-state index contributed by atoms with van der Waals surface area (Å²) in [5.41, 5.74) is 1.86. The fourth-order valence-corrected chi connectivity index (χ4v) is 4.75. The van der Waals surface area contributed by atoms with Crippen LogP contribution in [0.2, 0.25) is 10.0 Å². The van der Waals surface area contributed by atoms with Gasteiger partial charge in [-0.1, -0.05) is 47.5 Å². The first-order chi connectivity index (χ1) is 15.2. The number of benzene rings is 3. The number of rotatable bonds is 4. The van der Waals surface area contributed by atoms with E-state index in [9.17, 15) is 13.2 Å². The molecule has 10 heteroatoms. The van der Waals surface area contributed by atoms with Crippen molar-refractivity contribution in [2.75, 3.05) is 4.90 Å². The van der Waals surface area contributed by atoms with E-state index in [1.165, 1.54) is 40.9 Å². The van der Waals surface area contributed by atoms with E-state index in [1.54, 1.807) is 36.4 Å². The third kappa shape index (κ3) is 4.90. The van der Waals surface area contributed by atoms with Gasteiger partial charge in [-0.25, -0.2) is 18.5 Å². The molecule has 1 aliphatic heterocycles. The van der Waals surface area contributed by atoms with E-state index in [0.717, 1.165) is 5.56 Å². The zero-order chi connectivity index (χ0) is 22.9. The molecule has 0 unspecified atom stereocenters. The van der Waals surface area contributed by atoms with E-state index in [1.807, 2.05) is 18.2 Å². The summed E-state index contributed by atoms with van der Waals surface area (Å²) in [6.45, 7) is 0. The molecule has 1 fully saturated rings. The van der Waals surface area contributed by atoms with Crippen molar-refractivity contribution < 1.29 is 13.2 Å². The highest BCUT2D eigenvalue weighted by Gasteiger charge is 2.34. The molecule has 0 atom stereocenters. The van der Waals surface area contributed by atoms with Crippen molar-refractivity contribution in [3.05, 3.63) is 93.3 Å². The van der Waals surface area contributed by atoms with Crippen LogP contribution in [0, 0.1) is 0 Å². The number of primary sulfonamides is 1. The Bertz CT molecular complexity index is 1360. The highest BCUT2D eigenvalue weighted by Crippen LogP contribution is 2.37. The number of nitrogens with two attached hydrogens (primary N) is 1. The molecule has 6 nitrogen and oxygen atoms in total. The molecule has 0 bridgehead atoms. The normalized spacial score (nSPS) is 16.8. The zero-order valence-corrected chi connectivity index (χ0v) is 19.4. The minimum atomic E-state index is -3.81. The minimum absolute atomic E-state index is 0.0169. The van der Waals surface area contributed by atoms with Gasteiger partial charge in [0.25, 0.3) is 5.91 Å². The molecule has 4 rings (SSSR count). The quantitative estimate of drug-likeness (QED) is 0.479. The molecule has 0 spiro atoms. The predicted octanol–water partition coefficient (Wildman–Crippen LogP) is 5.45. The molecule has 0 aromatic heterocycles. The second kappa shape index (κ2) is 9.09. The first-order valence-electron chi connectivity index (χ1n) is 9.18. The Morgan fingerprint density at radius 3 is 2.25 bits per heavy atom. The molecular formula is C22H15Cl2N3O3S2. The number of amides is 1. The molecule has 0 saturated carbocycles. The van der Waals surface area contributed by atoms with Gasteiger partial charge in [0.15, 0.2) is 5.17 Å². The number of para-hydroxylation sites is 1. The Balaban J connectivity index is 1.75. The average Bonchev–Trinajstić information content (AvgIpc) is 3.05. The number of carbonyl (C=O) groups is 1. The molecule has 3 aromatic carbocycles. The third-order valence-corrected chi connectivity index (χ3v) is 7.09. The first-order valence-corrected chi connectivity index (χ1v) is 12.3. The lowest BCUT2D eigenvalue weighted by Crippen LogP contribution is -2.28. The fraction of sp³-hybridized carbons (Fsp3) is 0. The third-order valence-electron chi connectivity index (χ3n) is 4.45. The molecule has 32 heavy (non-hydrogen) atoms. The number of amidine groups is 1. The SMILES string of the molecule is NS(=O)(=O)c1ccc(N=C2SC(=Cc3ccc(Cl)c(Cl)c3)C(=O)N2c2ccccc2)cc1. The molecule has 1 heterocycles. The fourth-order valence-electron chi connectivity index (χ4n) is 2.93. The average molecular weight is 504 g/mol. The highest BCUT2D eigenvalue weighted by molar-refractivity contribution is 8.19. The molecule has 1 saturated heterocycles. The van der Waals surface area contributed by atoms with Crippen LogP contribution < -0.4 is 10.0 Å². The Morgan fingerprint density at radius 1 is 0.938 bits per heavy atom. The van der Waals surface area contributed by atoms with Crippen molar-refractivity contribution in [3.63, 3.8) is 0 Å². The first kappa shape index (κ1) is 22.6. The summed E-state index contributed by atoms with van der Waals surface area (Å²) in [6.07, 6.45) is 1.72. The van der Waals surface area contributed by atoms with Crippen molar-refractivity contribution >= 4 is 73.5 Å². The second-order valence-electron chi connectivity index (χ2n) is 6.69. The maximum atomic E-state index is 13.2. The number of anilines is 1. The highest BCUT2D eigenvalue weighted by atomic mass is 35.5. The molecule has 0 radical (unpaired) electrons. The van der Waals surface area contributed by atoms with Gasteiger partial charge in [-0.15, -0.1) is 0 Å². The molecular weight excluding hydrogens is 489 g/mol. The lowest BCUT2D eigenvalue weighted by atomic mass is 10.2. The van der Waals surface area contributed by atoms with Crippen molar-refractivity contribution in [2.45, 2.75) is 4.90 Å². The van der Waals surface area contributed by atoms with Gasteiger partial charge in [0, 0.05) is 0 Å². The Labute approximate surface area is 199 Å². The second-order valence-corrected chi connectivity index (χ2v) is 10.1. The molecule has 1 amide bonds. The summed E-state index contributed by atoms with van der Waals surface area (Å²) in [5, 5.41) is 6.39. The molecule has 162 valence electrons. The van der Waals surface area contributed by atoms with Gasteiger partial charge >= 0.3 is 0 Å². The topological polar surface area (TPSA) is 92.8 Å². The van der Waals surface area contributed by atoms with Crippen molar-refractivity contribution in [1.29, 1.82) is 0 Å². The number of nitrogens with zero attached hydrogens (tertiary/aromatic N) is 2. The molecule has 1 aliphatic rings.